The zero-order valence-corrected chi connectivity index (χ0v) is 15.8. The van der Waals surface area contributed by atoms with Gasteiger partial charge in [-0.05, 0) is 36.8 Å². The van der Waals surface area contributed by atoms with Crippen molar-refractivity contribution in [2.45, 2.75) is 32.4 Å². The molecule has 0 saturated carbocycles. The van der Waals surface area contributed by atoms with E-state index in [1.54, 1.807) is 25.9 Å². The smallest absolute Gasteiger partial charge is 0.241 e. The van der Waals surface area contributed by atoms with Gasteiger partial charge in [-0.1, -0.05) is 0 Å². The molecule has 0 unspecified atom stereocenters. The second-order valence-corrected chi connectivity index (χ2v) is 8.16. The van der Waals surface area contributed by atoms with Crippen LogP contribution in [0.25, 0.3) is 0 Å². The van der Waals surface area contributed by atoms with Gasteiger partial charge < -0.3 is 9.80 Å². The van der Waals surface area contributed by atoms with E-state index >= 15 is 0 Å². The molecular formula is C18H25N3O3S. The molecular weight excluding hydrogens is 338 g/mol. The van der Waals surface area contributed by atoms with Gasteiger partial charge in [0.2, 0.25) is 11.8 Å². The van der Waals surface area contributed by atoms with Crippen LogP contribution in [0.1, 0.15) is 35.0 Å². The largest absolute Gasteiger partial charge is 0.347 e. The minimum absolute atomic E-state index is 0.0281. The Balaban J connectivity index is 1.70. The Morgan fingerprint density at radius 2 is 2.04 bits per heavy atom. The first-order valence-corrected chi connectivity index (χ1v) is 9.54. The number of carbonyl (C=O) groups is 3. The fourth-order valence-corrected chi connectivity index (χ4v) is 4.46. The van der Waals surface area contributed by atoms with E-state index in [0.717, 1.165) is 42.9 Å². The van der Waals surface area contributed by atoms with Crippen LogP contribution in [-0.2, 0) is 16.1 Å². The number of fused-ring (bicyclic) bond motifs is 4. The van der Waals surface area contributed by atoms with Crippen molar-refractivity contribution in [3.05, 3.63) is 21.9 Å². The van der Waals surface area contributed by atoms with Gasteiger partial charge in [-0.2, -0.15) is 0 Å². The van der Waals surface area contributed by atoms with Crippen molar-refractivity contribution in [3.8, 4) is 0 Å². The van der Waals surface area contributed by atoms with E-state index in [1.165, 1.54) is 16.2 Å². The van der Waals surface area contributed by atoms with Gasteiger partial charge in [0.15, 0.2) is 5.78 Å². The summed E-state index contributed by atoms with van der Waals surface area (Å²) in [5, 5.41) is 2.03. The number of nitrogens with zero attached hydrogens (tertiary/aromatic N) is 3. The first kappa shape index (κ1) is 18.1. The summed E-state index contributed by atoms with van der Waals surface area (Å²) >= 11 is 1.48. The molecule has 6 nitrogen and oxygen atoms in total. The molecule has 3 fully saturated rings. The molecule has 0 aromatic carbocycles. The van der Waals surface area contributed by atoms with E-state index in [0.29, 0.717) is 0 Å². The van der Waals surface area contributed by atoms with Gasteiger partial charge >= 0.3 is 0 Å². The zero-order chi connectivity index (χ0) is 18.1. The highest BCUT2D eigenvalue weighted by Gasteiger charge is 2.41. The van der Waals surface area contributed by atoms with Gasteiger partial charge in [-0.15, -0.1) is 11.3 Å². The molecule has 0 aliphatic carbocycles. The Hall–Kier alpha value is -1.73. The fraction of sp³-hybridized carbons (Fsp3) is 0.611. The van der Waals surface area contributed by atoms with Crippen molar-refractivity contribution in [1.29, 1.82) is 0 Å². The summed E-state index contributed by atoms with van der Waals surface area (Å²) in [6.07, 6.45) is 1.85. The number of rotatable bonds is 5. The monoisotopic (exact) mass is 363 g/mol. The van der Waals surface area contributed by atoms with Crippen LogP contribution in [0.3, 0.4) is 0 Å². The average molecular weight is 363 g/mol. The maximum absolute atomic E-state index is 12.7. The van der Waals surface area contributed by atoms with E-state index in [1.807, 2.05) is 11.4 Å². The van der Waals surface area contributed by atoms with Gasteiger partial charge in [0.1, 0.15) is 6.54 Å². The lowest BCUT2D eigenvalue weighted by Gasteiger charge is -2.36. The van der Waals surface area contributed by atoms with E-state index in [2.05, 4.69) is 4.90 Å². The number of Topliss-reactive ketones (excluding diaryl/α,β-unsaturated/α-hetero) is 1. The molecule has 1 aromatic rings. The quantitative estimate of drug-likeness (QED) is 0.743. The molecule has 0 radical (unpaired) electrons. The van der Waals surface area contributed by atoms with Crippen molar-refractivity contribution in [2.24, 2.45) is 5.92 Å². The van der Waals surface area contributed by atoms with Gasteiger partial charge in [0.05, 0.1) is 10.8 Å². The number of carbonyl (C=O) groups excluding carboxylic acids is 3. The van der Waals surface area contributed by atoms with Gasteiger partial charge in [0, 0.05) is 39.8 Å². The minimum Gasteiger partial charge on any atom is -0.347 e. The fourth-order valence-electron chi connectivity index (χ4n) is 3.66. The lowest BCUT2D eigenvalue weighted by Crippen LogP contribution is -2.51. The van der Waals surface area contributed by atoms with E-state index in [9.17, 15) is 14.4 Å². The zero-order valence-electron chi connectivity index (χ0n) is 15.0. The van der Waals surface area contributed by atoms with Crippen LogP contribution < -0.4 is 0 Å². The van der Waals surface area contributed by atoms with Gasteiger partial charge in [0.25, 0.3) is 0 Å². The summed E-state index contributed by atoms with van der Waals surface area (Å²) in [4.78, 5) is 42.7. The Kier molecular flexibility index (Phi) is 5.24. The number of thiophene rings is 1. The molecule has 3 aliphatic heterocycles. The minimum atomic E-state index is -0.0311. The molecule has 2 bridgehead atoms. The summed E-state index contributed by atoms with van der Waals surface area (Å²) in [5.41, 5.74) is 1.12. The summed E-state index contributed by atoms with van der Waals surface area (Å²) in [6, 6.07) is 2.05. The average Bonchev–Trinajstić information content (AvgIpc) is 2.87. The van der Waals surface area contributed by atoms with Crippen molar-refractivity contribution >= 4 is 28.9 Å². The lowest BCUT2D eigenvalue weighted by molar-refractivity contribution is -0.145. The van der Waals surface area contributed by atoms with Crippen LogP contribution in [0.4, 0.5) is 0 Å². The number of hydrogen-bond donors (Lipinski definition) is 0. The van der Waals surface area contributed by atoms with Crippen LogP contribution >= 0.6 is 11.3 Å². The molecule has 3 saturated heterocycles. The van der Waals surface area contributed by atoms with Crippen molar-refractivity contribution in [1.82, 2.24) is 14.7 Å². The number of amides is 2. The Bertz CT molecular complexity index is 685. The van der Waals surface area contributed by atoms with Crippen molar-refractivity contribution in [2.75, 3.05) is 33.7 Å². The molecule has 25 heavy (non-hydrogen) atoms. The number of piperidine rings is 1. The van der Waals surface area contributed by atoms with E-state index < -0.39 is 0 Å². The predicted molar refractivity (Wildman–Crippen MR) is 96.5 cm³/mol. The molecule has 1 aromatic heterocycles. The summed E-state index contributed by atoms with van der Waals surface area (Å²) in [7, 11) is 3.44. The van der Waals surface area contributed by atoms with Crippen LogP contribution in [0.5, 0.6) is 0 Å². The Morgan fingerprint density at radius 1 is 1.28 bits per heavy atom. The molecule has 7 heteroatoms. The SMILES string of the molecule is CC(=O)c1cc(CN2C[C@@H]3CC[C@H](C2)N(CC(=O)N(C)C)C3=O)cs1. The predicted octanol–water partition coefficient (Wildman–Crippen LogP) is 1.46. The summed E-state index contributed by atoms with van der Waals surface area (Å²) in [5.74, 6) is 0.149. The standard InChI is InChI=1S/C18H25N3O3S/c1-12(22)16-6-13(11-25-16)7-20-8-14-4-5-15(9-20)21(18(14)24)10-17(23)19(2)3/h6,11,14-15H,4-5,7-10H2,1-3H3/t14-,15+/m0/s1. The van der Waals surface area contributed by atoms with Crippen molar-refractivity contribution in [3.63, 3.8) is 0 Å². The molecule has 0 spiro atoms. The summed E-state index contributed by atoms with van der Waals surface area (Å²) in [6.45, 7) is 4.02. The molecule has 3 aliphatic rings. The maximum Gasteiger partial charge on any atom is 0.241 e. The van der Waals surface area contributed by atoms with Crippen LogP contribution in [0.2, 0.25) is 0 Å². The molecule has 2 amide bonds. The Labute approximate surface area is 152 Å². The highest BCUT2D eigenvalue weighted by atomic mass is 32.1. The highest BCUT2D eigenvalue weighted by Crippen LogP contribution is 2.30. The molecule has 4 heterocycles. The second kappa shape index (κ2) is 7.25. The molecule has 4 rings (SSSR count). The lowest BCUT2D eigenvalue weighted by atomic mass is 9.94. The highest BCUT2D eigenvalue weighted by molar-refractivity contribution is 7.12. The number of hydrogen-bond acceptors (Lipinski definition) is 5. The second-order valence-electron chi connectivity index (χ2n) is 7.25. The third kappa shape index (κ3) is 3.93. The molecule has 2 atom stereocenters. The van der Waals surface area contributed by atoms with Gasteiger partial charge in [-0.25, -0.2) is 0 Å². The first-order chi connectivity index (χ1) is 11.8. The van der Waals surface area contributed by atoms with Gasteiger partial charge in [-0.3, -0.25) is 19.3 Å². The number of likely N-dealkylation sites (N-methyl/N-ethyl adjacent to an activating group) is 1. The van der Waals surface area contributed by atoms with E-state index in [-0.39, 0.29) is 36.1 Å². The van der Waals surface area contributed by atoms with Crippen LogP contribution in [0, 0.1) is 5.92 Å². The third-order valence-electron chi connectivity index (χ3n) is 5.08. The summed E-state index contributed by atoms with van der Waals surface area (Å²) < 4.78 is 0. The third-order valence-corrected chi connectivity index (χ3v) is 6.16. The van der Waals surface area contributed by atoms with Crippen molar-refractivity contribution < 1.29 is 14.4 Å². The first-order valence-electron chi connectivity index (χ1n) is 8.66. The van der Waals surface area contributed by atoms with Crippen LogP contribution in [-0.4, -0.2) is 72.1 Å². The van der Waals surface area contributed by atoms with Crippen LogP contribution in [0.15, 0.2) is 11.4 Å². The Morgan fingerprint density at radius 3 is 2.68 bits per heavy atom. The normalized spacial score (nSPS) is 23.6. The molecule has 0 N–H and O–H groups in total. The number of ketones is 1. The maximum atomic E-state index is 12.7. The van der Waals surface area contributed by atoms with E-state index in [4.69, 9.17) is 0 Å². The molecule has 136 valence electrons. The topological polar surface area (TPSA) is 60.9 Å².